The van der Waals surface area contributed by atoms with Crippen molar-refractivity contribution in [3.63, 3.8) is 0 Å². The lowest BCUT2D eigenvalue weighted by Crippen LogP contribution is -2.34. The van der Waals surface area contributed by atoms with E-state index in [0.717, 1.165) is 15.6 Å². The number of amides is 1. The number of hydrogen-bond acceptors (Lipinski definition) is 8. The number of Topliss-reactive ketones (excluding diaryl/α,β-unsaturated/α-hetero) is 1. The van der Waals surface area contributed by atoms with Crippen LogP contribution in [0.15, 0.2) is 34.3 Å². The van der Waals surface area contributed by atoms with E-state index in [0.29, 0.717) is 21.4 Å². The molecule has 1 aliphatic rings. The molecule has 0 fully saturated rings. The first-order valence-electron chi connectivity index (χ1n) is 7.65. The number of hydrazone groups is 1. The summed E-state index contributed by atoms with van der Waals surface area (Å²) in [5.74, 6) is -0.653. The molecule has 2 heterocycles. The average Bonchev–Trinajstić information content (AvgIpc) is 3.05. The number of rotatable bonds is 5. The average molecular weight is 392 g/mol. The zero-order valence-electron chi connectivity index (χ0n) is 14.3. The van der Waals surface area contributed by atoms with Crippen LogP contribution >= 0.6 is 11.3 Å². The number of nitrogens with zero attached hydrogens (tertiary/aromatic N) is 3. The first-order chi connectivity index (χ1) is 12.2. The molecular formula is C16H16N4O4S2. The topological polar surface area (TPSA) is 109 Å². The van der Waals surface area contributed by atoms with E-state index >= 15 is 0 Å². The predicted octanol–water partition coefficient (Wildman–Crippen LogP) is 2.29. The molecule has 0 saturated heterocycles. The molecule has 1 N–H and O–H groups in total. The summed E-state index contributed by atoms with van der Waals surface area (Å²) in [5.41, 5.74) is 3.85. The van der Waals surface area contributed by atoms with Crippen LogP contribution in [-0.2, 0) is 10.0 Å². The van der Waals surface area contributed by atoms with Gasteiger partial charge in [0, 0.05) is 6.92 Å². The van der Waals surface area contributed by atoms with Gasteiger partial charge < -0.3 is 0 Å². The fourth-order valence-corrected chi connectivity index (χ4v) is 4.94. The Morgan fingerprint density at radius 3 is 2.62 bits per heavy atom. The van der Waals surface area contributed by atoms with Crippen LogP contribution in [0.5, 0.6) is 0 Å². The summed E-state index contributed by atoms with van der Waals surface area (Å²) in [4.78, 5) is 28.6. The molecule has 26 heavy (non-hydrogen) atoms. The Labute approximate surface area is 154 Å². The molecule has 10 heteroatoms. The number of anilines is 1. The molecule has 1 amide bonds. The van der Waals surface area contributed by atoms with Crippen LogP contribution in [0.25, 0.3) is 0 Å². The molecule has 136 valence electrons. The van der Waals surface area contributed by atoms with E-state index in [1.54, 1.807) is 26.0 Å². The van der Waals surface area contributed by atoms with E-state index in [1.165, 1.54) is 19.1 Å². The Kier molecular flexibility index (Phi) is 4.63. The monoisotopic (exact) mass is 392 g/mol. The summed E-state index contributed by atoms with van der Waals surface area (Å²) < 4.78 is 25.8. The number of benzene rings is 1. The molecule has 1 aliphatic heterocycles. The van der Waals surface area contributed by atoms with Crippen molar-refractivity contribution in [1.82, 2.24) is 9.29 Å². The van der Waals surface area contributed by atoms with E-state index in [2.05, 4.69) is 15.5 Å². The number of aryl methyl sites for hydroxylation is 1. The van der Waals surface area contributed by atoms with Gasteiger partial charge in [-0.1, -0.05) is 23.5 Å². The Bertz CT molecular complexity index is 1040. The van der Waals surface area contributed by atoms with Crippen molar-refractivity contribution < 1.29 is 18.0 Å². The van der Waals surface area contributed by atoms with Crippen molar-refractivity contribution in [2.75, 3.05) is 12.0 Å². The van der Waals surface area contributed by atoms with Crippen LogP contribution in [0, 0.1) is 6.92 Å². The van der Waals surface area contributed by atoms with E-state index in [9.17, 15) is 18.0 Å². The number of aromatic nitrogens is 1. The van der Waals surface area contributed by atoms with Gasteiger partial charge in [-0.25, -0.2) is 17.7 Å². The van der Waals surface area contributed by atoms with Crippen LogP contribution in [0.3, 0.4) is 0 Å². The van der Waals surface area contributed by atoms with Gasteiger partial charge in [-0.3, -0.25) is 15.0 Å². The number of ketones is 1. The molecule has 8 nitrogen and oxygen atoms in total. The second-order valence-corrected chi connectivity index (χ2v) is 8.59. The lowest BCUT2D eigenvalue weighted by molar-refractivity contribution is 0.0883. The standard InChI is InChI=1S/C16H16N4O4S2/c1-9(18-19-16-17-10(2)14(25-16)11(3)21)8-20-15(22)12-6-4-5-7-13(12)26(20,23)24/h4-7H,8H2,1-3H3,(H,17,19). The number of hydrogen-bond donors (Lipinski definition) is 1. The molecule has 0 bridgehead atoms. The summed E-state index contributed by atoms with van der Waals surface area (Å²) in [6, 6.07) is 6.10. The second kappa shape index (κ2) is 6.61. The Morgan fingerprint density at radius 2 is 2.00 bits per heavy atom. The molecule has 0 atom stereocenters. The Hall–Kier alpha value is -2.59. The zero-order chi connectivity index (χ0) is 19.1. The van der Waals surface area contributed by atoms with E-state index in [-0.39, 0.29) is 22.8 Å². The normalized spacial score (nSPS) is 15.9. The number of fused-ring (bicyclic) bond motifs is 1. The molecule has 1 aromatic carbocycles. The van der Waals surface area contributed by atoms with Gasteiger partial charge >= 0.3 is 0 Å². The Balaban J connectivity index is 1.77. The molecule has 0 saturated carbocycles. The maximum Gasteiger partial charge on any atom is 0.269 e. The first-order valence-corrected chi connectivity index (χ1v) is 9.91. The van der Waals surface area contributed by atoms with E-state index < -0.39 is 15.9 Å². The predicted molar refractivity (Wildman–Crippen MR) is 98.3 cm³/mol. The van der Waals surface area contributed by atoms with Crippen LogP contribution < -0.4 is 5.43 Å². The van der Waals surface area contributed by atoms with Gasteiger partial charge in [0.15, 0.2) is 5.78 Å². The summed E-state index contributed by atoms with van der Waals surface area (Å²) >= 11 is 1.16. The third-order valence-corrected chi connectivity index (χ3v) is 6.69. The van der Waals surface area contributed by atoms with Gasteiger partial charge in [0.25, 0.3) is 15.9 Å². The van der Waals surface area contributed by atoms with E-state index in [1.807, 2.05) is 0 Å². The van der Waals surface area contributed by atoms with Gasteiger partial charge in [0.1, 0.15) is 4.90 Å². The summed E-state index contributed by atoms with van der Waals surface area (Å²) in [6.45, 7) is 4.61. The Morgan fingerprint density at radius 1 is 1.31 bits per heavy atom. The first kappa shape index (κ1) is 18.2. The third kappa shape index (κ3) is 3.13. The highest BCUT2D eigenvalue weighted by molar-refractivity contribution is 7.90. The molecule has 0 radical (unpaired) electrons. The van der Waals surface area contributed by atoms with Crippen LogP contribution in [-0.4, -0.2) is 41.7 Å². The largest absolute Gasteiger partial charge is 0.294 e. The second-order valence-electron chi connectivity index (χ2n) is 5.76. The molecule has 0 aliphatic carbocycles. The van der Waals surface area contributed by atoms with Crippen molar-refractivity contribution in [1.29, 1.82) is 0 Å². The third-order valence-electron chi connectivity index (χ3n) is 3.74. The fraction of sp³-hybridized carbons (Fsp3) is 0.250. The van der Waals surface area contributed by atoms with Gasteiger partial charge in [0.05, 0.1) is 28.4 Å². The number of nitrogens with one attached hydrogen (secondary N) is 1. The van der Waals surface area contributed by atoms with Crippen molar-refractivity contribution in [2.24, 2.45) is 5.10 Å². The van der Waals surface area contributed by atoms with Crippen LogP contribution in [0.2, 0.25) is 0 Å². The highest BCUT2D eigenvalue weighted by atomic mass is 32.2. The van der Waals surface area contributed by atoms with Crippen molar-refractivity contribution >= 4 is 43.9 Å². The quantitative estimate of drug-likeness (QED) is 0.475. The highest BCUT2D eigenvalue weighted by Crippen LogP contribution is 2.29. The SMILES string of the molecule is CC(=O)c1sc(NN=C(C)CN2C(=O)c3ccccc3S2(=O)=O)nc1C. The minimum Gasteiger partial charge on any atom is -0.294 e. The van der Waals surface area contributed by atoms with Crippen molar-refractivity contribution in [3.8, 4) is 0 Å². The maximum absolute atomic E-state index is 12.5. The molecule has 3 rings (SSSR count). The smallest absolute Gasteiger partial charge is 0.269 e. The summed E-state index contributed by atoms with van der Waals surface area (Å²) in [6.07, 6.45) is 0. The van der Waals surface area contributed by atoms with E-state index in [4.69, 9.17) is 0 Å². The van der Waals surface area contributed by atoms with Crippen molar-refractivity contribution in [3.05, 3.63) is 40.4 Å². The minimum absolute atomic E-state index is 0.00686. The number of carbonyl (C=O) groups excluding carboxylic acids is 2. The van der Waals surface area contributed by atoms with Gasteiger partial charge in [-0.2, -0.15) is 5.10 Å². The zero-order valence-corrected chi connectivity index (χ0v) is 15.9. The minimum atomic E-state index is -3.87. The van der Waals surface area contributed by atoms with Crippen LogP contribution in [0.1, 0.15) is 39.6 Å². The van der Waals surface area contributed by atoms with Gasteiger partial charge in [0.2, 0.25) is 5.13 Å². The highest BCUT2D eigenvalue weighted by Gasteiger charge is 2.40. The number of sulfonamides is 1. The lowest BCUT2D eigenvalue weighted by Gasteiger charge is -2.14. The van der Waals surface area contributed by atoms with Crippen LogP contribution in [0.4, 0.5) is 5.13 Å². The summed E-state index contributed by atoms with van der Waals surface area (Å²) in [5, 5.41) is 4.50. The number of carbonyl (C=O) groups is 2. The molecule has 2 aromatic rings. The molecule has 0 spiro atoms. The maximum atomic E-state index is 12.5. The lowest BCUT2D eigenvalue weighted by atomic mass is 10.2. The van der Waals surface area contributed by atoms with Crippen molar-refractivity contribution in [2.45, 2.75) is 25.7 Å². The number of thiazole rings is 1. The summed E-state index contributed by atoms with van der Waals surface area (Å²) in [7, 11) is -3.87. The molecule has 1 aromatic heterocycles. The van der Waals surface area contributed by atoms with Gasteiger partial charge in [-0.05, 0) is 26.0 Å². The molecular weight excluding hydrogens is 376 g/mol. The molecule has 0 unspecified atom stereocenters. The fourth-order valence-electron chi connectivity index (χ4n) is 2.54. The van der Waals surface area contributed by atoms with Gasteiger partial charge in [-0.15, -0.1) is 0 Å².